The molecule has 0 fully saturated rings. The van der Waals surface area contributed by atoms with E-state index in [-0.39, 0.29) is 17.4 Å². The summed E-state index contributed by atoms with van der Waals surface area (Å²) in [5.74, 6) is -0.593. The summed E-state index contributed by atoms with van der Waals surface area (Å²) in [6.07, 6.45) is 0. The molecule has 0 spiro atoms. The number of carbonyl (C=O) groups is 2. The maximum atomic E-state index is 12.3. The van der Waals surface area contributed by atoms with E-state index in [0.29, 0.717) is 0 Å². The van der Waals surface area contributed by atoms with Crippen LogP contribution in [-0.2, 0) is 9.59 Å². The van der Waals surface area contributed by atoms with Gasteiger partial charge in [-0.25, -0.2) is 0 Å². The summed E-state index contributed by atoms with van der Waals surface area (Å²) in [4.78, 5) is 24.6. The summed E-state index contributed by atoms with van der Waals surface area (Å²) in [7, 11) is 0. The van der Waals surface area contributed by atoms with Crippen molar-refractivity contribution >= 4 is 17.5 Å². The second-order valence-corrected chi connectivity index (χ2v) is 6.60. The van der Waals surface area contributed by atoms with Gasteiger partial charge in [0, 0.05) is 11.2 Å². The van der Waals surface area contributed by atoms with Gasteiger partial charge >= 0.3 is 0 Å². The first-order chi connectivity index (χ1) is 9.04. The fourth-order valence-corrected chi connectivity index (χ4v) is 1.59. The van der Waals surface area contributed by atoms with Crippen molar-refractivity contribution in [2.45, 2.75) is 47.1 Å². The van der Waals surface area contributed by atoms with E-state index in [1.165, 1.54) is 0 Å². The Morgan fingerprint density at radius 3 is 2.00 bits per heavy atom. The monoisotopic (exact) mass is 276 g/mol. The quantitative estimate of drug-likeness (QED) is 0.834. The maximum Gasteiger partial charge on any atom is 0.239 e. The molecule has 1 aromatic carbocycles. The number of hydrogen-bond acceptors (Lipinski definition) is 2. The van der Waals surface area contributed by atoms with Crippen LogP contribution in [0.4, 0.5) is 5.69 Å². The third kappa shape index (κ3) is 4.08. The molecule has 0 aliphatic rings. The lowest BCUT2D eigenvalue weighted by molar-refractivity contribution is -0.139. The number of anilines is 1. The molecule has 0 radical (unpaired) electrons. The van der Waals surface area contributed by atoms with Crippen molar-refractivity contribution < 1.29 is 9.59 Å². The standard InChI is InChI=1S/C16H24N2O2/c1-11-9-7-8-10-12(11)17-13(19)16(5,6)14(20)18-15(2,3)4/h7-10H,1-6H3,(H,17,19)(H,18,20). The number of aryl methyl sites for hydroxylation is 1. The predicted octanol–water partition coefficient (Wildman–Crippen LogP) is 2.87. The fraction of sp³-hybridized carbons (Fsp3) is 0.500. The molecule has 0 aliphatic heterocycles. The molecule has 2 amide bonds. The predicted molar refractivity (Wildman–Crippen MR) is 81.5 cm³/mol. The van der Waals surface area contributed by atoms with Gasteiger partial charge in [-0.3, -0.25) is 9.59 Å². The molecule has 0 saturated carbocycles. The lowest BCUT2D eigenvalue weighted by atomic mass is 9.89. The second kappa shape index (κ2) is 5.65. The molecular weight excluding hydrogens is 252 g/mol. The Morgan fingerprint density at radius 1 is 0.950 bits per heavy atom. The molecule has 0 aliphatic carbocycles. The molecule has 2 N–H and O–H groups in total. The van der Waals surface area contributed by atoms with Gasteiger partial charge in [-0.05, 0) is 53.2 Å². The molecule has 0 heterocycles. The van der Waals surface area contributed by atoms with E-state index in [9.17, 15) is 9.59 Å². The summed E-state index contributed by atoms with van der Waals surface area (Å²) in [6.45, 7) is 10.8. The first-order valence-electron chi connectivity index (χ1n) is 6.74. The molecule has 0 aromatic heterocycles. The van der Waals surface area contributed by atoms with Crippen LogP contribution in [0.2, 0.25) is 0 Å². The molecule has 110 valence electrons. The van der Waals surface area contributed by atoms with Gasteiger partial charge in [0.1, 0.15) is 5.41 Å². The highest BCUT2D eigenvalue weighted by atomic mass is 16.2. The Hall–Kier alpha value is -1.84. The van der Waals surface area contributed by atoms with Crippen molar-refractivity contribution in [1.82, 2.24) is 5.32 Å². The third-order valence-corrected chi connectivity index (χ3v) is 3.02. The average Bonchev–Trinajstić information content (AvgIpc) is 2.29. The highest BCUT2D eigenvalue weighted by Gasteiger charge is 2.37. The van der Waals surface area contributed by atoms with Gasteiger partial charge in [-0.1, -0.05) is 18.2 Å². The summed E-state index contributed by atoms with van der Waals surface area (Å²) in [5, 5.41) is 5.66. The highest BCUT2D eigenvalue weighted by molar-refractivity contribution is 6.10. The molecule has 0 saturated heterocycles. The number of nitrogens with one attached hydrogen (secondary N) is 2. The van der Waals surface area contributed by atoms with Crippen LogP contribution in [0.5, 0.6) is 0 Å². The van der Waals surface area contributed by atoms with Crippen LogP contribution >= 0.6 is 0 Å². The van der Waals surface area contributed by atoms with Crippen LogP contribution in [0.1, 0.15) is 40.2 Å². The van der Waals surface area contributed by atoms with Crippen LogP contribution in [0.3, 0.4) is 0 Å². The zero-order chi connectivity index (χ0) is 15.6. The first kappa shape index (κ1) is 16.2. The van der Waals surface area contributed by atoms with Crippen molar-refractivity contribution in [2.75, 3.05) is 5.32 Å². The van der Waals surface area contributed by atoms with Gasteiger partial charge in [0.15, 0.2) is 0 Å². The van der Waals surface area contributed by atoms with Gasteiger partial charge in [0.25, 0.3) is 0 Å². The molecule has 1 rings (SSSR count). The van der Waals surface area contributed by atoms with Crippen molar-refractivity contribution in [1.29, 1.82) is 0 Å². The van der Waals surface area contributed by atoms with Crippen molar-refractivity contribution in [2.24, 2.45) is 5.41 Å². The number of rotatable bonds is 3. The molecule has 0 bridgehead atoms. The molecule has 4 heteroatoms. The Bertz CT molecular complexity index is 513. The van der Waals surface area contributed by atoms with Crippen molar-refractivity contribution in [3.05, 3.63) is 29.8 Å². The summed E-state index contributed by atoms with van der Waals surface area (Å²) in [5.41, 5.74) is 0.203. The van der Waals surface area contributed by atoms with E-state index in [1.807, 2.05) is 52.0 Å². The van der Waals surface area contributed by atoms with E-state index in [2.05, 4.69) is 10.6 Å². The van der Waals surface area contributed by atoms with E-state index >= 15 is 0 Å². The zero-order valence-corrected chi connectivity index (χ0v) is 13.1. The Labute approximate surface area is 121 Å². The molecular formula is C16H24N2O2. The lowest BCUT2D eigenvalue weighted by Crippen LogP contribution is -2.51. The minimum Gasteiger partial charge on any atom is -0.351 e. The number of benzene rings is 1. The largest absolute Gasteiger partial charge is 0.351 e. The Kier molecular flexibility index (Phi) is 4.58. The third-order valence-electron chi connectivity index (χ3n) is 3.02. The molecule has 0 unspecified atom stereocenters. The molecule has 4 nitrogen and oxygen atoms in total. The summed E-state index contributed by atoms with van der Waals surface area (Å²) < 4.78 is 0. The smallest absolute Gasteiger partial charge is 0.239 e. The van der Waals surface area contributed by atoms with Crippen LogP contribution in [0.15, 0.2) is 24.3 Å². The molecule has 1 aromatic rings. The summed E-state index contributed by atoms with van der Waals surface area (Å²) in [6, 6.07) is 7.50. The van der Waals surface area contributed by atoms with E-state index in [1.54, 1.807) is 13.8 Å². The Morgan fingerprint density at radius 2 is 1.50 bits per heavy atom. The maximum absolute atomic E-state index is 12.3. The van der Waals surface area contributed by atoms with Gasteiger partial charge in [-0.15, -0.1) is 0 Å². The average molecular weight is 276 g/mol. The minimum absolute atomic E-state index is 0.281. The second-order valence-electron chi connectivity index (χ2n) is 6.60. The van der Waals surface area contributed by atoms with Gasteiger partial charge in [0.05, 0.1) is 0 Å². The van der Waals surface area contributed by atoms with Crippen LogP contribution in [0, 0.1) is 12.3 Å². The minimum atomic E-state index is -1.13. The lowest BCUT2D eigenvalue weighted by Gasteiger charge is -2.28. The van der Waals surface area contributed by atoms with Crippen molar-refractivity contribution in [3.63, 3.8) is 0 Å². The van der Waals surface area contributed by atoms with Crippen LogP contribution in [-0.4, -0.2) is 17.4 Å². The van der Waals surface area contributed by atoms with E-state index < -0.39 is 5.41 Å². The zero-order valence-electron chi connectivity index (χ0n) is 13.1. The Balaban J connectivity index is 2.85. The van der Waals surface area contributed by atoms with E-state index in [4.69, 9.17) is 0 Å². The SMILES string of the molecule is Cc1ccccc1NC(=O)C(C)(C)C(=O)NC(C)(C)C. The van der Waals surface area contributed by atoms with Gasteiger partial charge in [0.2, 0.25) is 11.8 Å². The highest BCUT2D eigenvalue weighted by Crippen LogP contribution is 2.22. The normalized spacial score (nSPS) is 11.9. The van der Waals surface area contributed by atoms with E-state index in [0.717, 1.165) is 11.3 Å². The van der Waals surface area contributed by atoms with Gasteiger partial charge in [-0.2, -0.15) is 0 Å². The number of para-hydroxylation sites is 1. The van der Waals surface area contributed by atoms with Crippen LogP contribution in [0.25, 0.3) is 0 Å². The topological polar surface area (TPSA) is 58.2 Å². The number of hydrogen-bond donors (Lipinski definition) is 2. The molecule has 0 atom stereocenters. The number of carbonyl (C=O) groups excluding carboxylic acids is 2. The van der Waals surface area contributed by atoms with Gasteiger partial charge < -0.3 is 10.6 Å². The molecule has 20 heavy (non-hydrogen) atoms. The van der Waals surface area contributed by atoms with Crippen molar-refractivity contribution in [3.8, 4) is 0 Å². The number of amides is 2. The fourth-order valence-electron chi connectivity index (χ4n) is 1.59. The first-order valence-corrected chi connectivity index (χ1v) is 6.74. The van der Waals surface area contributed by atoms with Crippen LogP contribution < -0.4 is 10.6 Å². The summed E-state index contributed by atoms with van der Waals surface area (Å²) >= 11 is 0.